The summed E-state index contributed by atoms with van der Waals surface area (Å²) < 4.78 is 13.0. The van der Waals surface area contributed by atoms with E-state index in [1.165, 1.54) is 25.0 Å². The Morgan fingerprint density at radius 3 is 2.33 bits per heavy atom. The second-order valence-electron chi connectivity index (χ2n) is 5.42. The number of benzene rings is 2. The van der Waals surface area contributed by atoms with Gasteiger partial charge in [0.25, 0.3) is 0 Å². The van der Waals surface area contributed by atoms with Crippen LogP contribution in [0.5, 0.6) is 0 Å². The average Bonchev–Trinajstić information content (AvgIpc) is 3.33. The number of halogens is 2. The Hall–Kier alpha value is -2.00. The smallest absolute Gasteiger partial charge is 0.159 e. The lowest BCUT2D eigenvalue weighted by Crippen LogP contribution is -1.94. The molecule has 1 aliphatic rings. The van der Waals surface area contributed by atoms with Crippen molar-refractivity contribution in [1.29, 1.82) is 0 Å². The molecule has 1 aliphatic carbocycles. The Morgan fingerprint density at radius 1 is 0.905 bits per heavy atom. The van der Waals surface area contributed by atoms with E-state index >= 15 is 0 Å². The molecule has 0 amide bonds. The van der Waals surface area contributed by atoms with Crippen LogP contribution in [0.3, 0.4) is 0 Å². The largest absolute Gasteiger partial charge is 0.207 e. The quantitative estimate of drug-likeness (QED) is 0.668. The summed E-state index contributed by atoms with van der Waals surface area (Å²) in [4.78, 5) is 0. The van der Waals surface area contributed by atoms with E-state index < -0.39 is 0 Å². The minimum absolute atomic E-state index is 0.237. The summed E-state index contributed by atoms with van der Waals surface area (Å²) in [6, 6.07) is 12.5. The third-order valence-corrected chi connectivity index (χ3v) is 4.18. The molecule has 0 radical (unpaired) electrons. The van der Waals surface area contributed by atoms with Crippen LogP contribution in [0, 0.1) is 5.82 Å². The molecule has 4 rings (SSSR count). The molecule has 1 heterocycles. The van der Waals surface area contributed by atoms with Crippen molar-refractivity contribution in [2.24, 2.45) is 0 Å². The highest BCUT2D eigenvalue weighted by Crippen LogP contribution is 2.43. The second-order valence-corrected chi connectivity index (χ2v) is 5.78. The second kappa shape index (κ2) is 4.78. The summed E-state index contributed by atoms with van der Waals surface area (Å²) >= 11 is 6.21. The van der Waals surface area contributed by atoms with Crippen LogP contribution in [0.2, 0.25) is 5.15 Å². The minimum Gasteiger partial charge on any atom is -0.207 e. The van der Waals surface area contributed by atoms with Gasteiger partial charge in [-0.05, 0) is 42.2 Å². The van der Waals surface area contributed by atoms with Crippen molar-refractivity contribution in [2.45, 2.75) is 18.8 Å². The fourth-order valence-electron chi connectivity index (χ4n) is 2.62. The molecular formula is C17H12ClFN2. The third kappa shape index (κ3) is 2.28. The first kappa shape index (κ1) is 12.7. The van der Waals surface area contributed by atoms with Crippen LogP contribution in [0.15, 0.2) is 42.5 Å². The maximum Gasteiger partial charge on any atom is 0.159 e. The van der Waals surface area contributed by atoms with Crippen molar-refractivity contribution in [3.8, 4) is 11.1 Å². The molecule has 1 aromatic heterocycles. The van der Waals surface area contributed by atoms with Gasteiger partial charge in [0.1, 0.15) is 5.82 Å². The first-order valence-corrected chi connectivity index (χ1v) is 7.32. The van der Waals surface area contributed by atoms with Crippen LogP contribution in [0.25, 0.3) is 21.9 Å². The van der Waals surface area contributed by atoms with Crippen molar-refractivity contribution in [3.63, 3.8) is 0 Å². The van der Waals surface area contributed by atoms with Crippen molar-refractivity contribution >= 4 is 22.4 Å². The number of hydrogen-bond acceptors (Lipinski definition) is 2. The zero-order valence-electron chi connectivity index (χ0n) is 11.2. The number of nitrogens with zero attached hydrogens (tertiary/aromatic N) is 2. The first-order valence-electron chi connectivity index (χ1n) is 6.94. The van der Waals surface area contributed by atoms with Gasteiger partial charge in [0.15, 0.2) is 5.15 Å². The van der Waals surface area contributed by atoms with Gasteiger partial charge < -0.3 is 0 Å². The molecule has 3 aromatic rings. The molecule has 1 saturated carbocycles. The van der Waals surface area contributed by atoms with Gasteiger partial charge in [-0.1, -0.05) is 35.9 Å². The fourth-order valence-corrected chi connectivity index (χ4v) is 2.82. The number of rotatable bonds is 2. The molecular weight excluding hydrogens is 287 g/mol. The molecule has 1 fully saturated rings. The molecule has 0 atom stereocenters. The molecule has 0 spiro atoms. The van der Waals surface area contributed by atoms with E-state index in [9.17, 15) is 4.39 Å². The van der Waals surface area contributed by atoms with Crippen LogP contribution in [0.4, 0.5) is 4.39 Å². The molecule has 2 nitrogen and oxygen atoms in total. The monoisotopic (exact) mass is 298 g/mol. The Bertz CT molecular complexity index is 826. The predicted molar refractivity (Wildman–Crippen MR) is 81.9 cm³/mol. The van der Waals surface area contributed by atoms with Crippen LogP contribution < -0.4 is 0 Å². The van der Waals surface area contributed by atoms with Crippen molar-refractivity contribution < 1.29 is 4.39 Å². The standard InChI is InChI=1S/C17H12ClFN2/c18-17-15-9-12(10-3-6-13(19)7-4-10)5-8-14(15)16(20-21-17)11-1-2-11/h3-9,11H,1-2H2. The Balaban J connectivity index is 1.89. The third-order valence-electron chi connectivity index (χ3n) is 3.90. The van der Waals surface area contributed by atoms with Crippen LogP contribution in [-0.2, 0) is 0 Å². The first-order chi connectivity index (χ1) is 10.2. The summed E-state index contributed by atoms with van der Waals surface area (Å²) in [5, 5.41) is 10.7. The number of fused-ring (bicyclic) bond motifs is 1. The van der Waals surface area contributed by atoms with Gasteiger partial charge in [0.05, 0.1) is 5.69 Å². The molecule has 104 valence electrons. The van der Waals surface area contributed by atoms with E-state index in [1.807, 2.05) is 18.2 Å². The van der Waals surface area contributed by atoms with E-state index in [2.05, 4.69) is 10.2 Å². The predicted octanol–water partition coefficient (Wildman–Crippen LogP) is 4.97. The highest BCUT2D eigenvalue weighted by atomic mass is 35.5. The molecule has 0 bridgehead atoms. The van der Waals surface area contributed by atoms with E-state index in [0.29, 0.717) is 11.1 Å². The zero-order valence-corrected chi connectivity index (χ0v) is 11.9. The summed E-state index contributed by atoms with van der Waals surface area (Å²) in [6.45, 7) is 0. The Morgan fingerprint density at radius 2 is 1.62 bits per heavy atom. The van der Waals surface area contributed by atoms with Crippen molar-refractivity contribution in [1.82, 2.24) is 10.2 Å². The molecule has 0 N–H and O–H groups in total. The summed E-state index contributed by atoms with van der Waals surface area (Å²) in [7, 11) is 0. The lowest BCUT2D eigenvalue weighted by molar-refractivity contribution is 0.628. The minimum atomic E-state index is -0.237. The normalized spacial score (nSPS) is 14.6. The van der Waals surface area contributed by atoms with Gasteiger partial charge in [-0.25, -0.2) is 4.39 Å². The van der Waals surface area contributed by atoms with Crippen molar-refractivity contribution in [3.05, 3.63) is 59.1 Å². The van der Waals surface area contributed by atoms with E-state index in [0.717, 1.165) is 27.6 Å². The van der Waals surface area contributed by atoms with E-state index in [4.69, 9.17) is 11.6 Å². The molecule has 0 saturated heterocycles. The lowest BCUT2D eigenvalue weighted by Gasteiger charge is -2.08. The van der Waals surface area contributed by atoms with Gasteiger partial charge in [-0.2, -0.15) is 5.10 Å². The zero-order chi connectivity index (χ0) is 14.4. The highest BCUT2D eigenvalue weighted by molar-refractivity contribution is 6.34. The van der Waals surface area contributed by atoms with Gasteiger partial charge in [0, 0.05) is 16.7 Å². The van der Waals surface area contributed by atoms with Crippen LogP contribution in [0.1, 0.15) is 24.5 Å². The Labute approximate surface area is 126 Å². The topological polar surface area (TPSA) is 25.8 Å². The average molecular weight is 299 g/mol. The van der Waals surface area contributed by atoms with Crippen molar-refractivity contribution in [2.75, 3.05) is 0 Å². The van der Waals surface area contributed by atoms with Gasteiger partial charge in [0.2, 0.25) is 0 Å². The number of hydrogen-bond donors (Lipinski definition) is 0. The van der Waals surface area contributed by atoms with Gasteiger partial charge in [-0.15, -0.1) is 5.10 Å². The van der Waals surface area contributed by atoms with E-state index in [-0.39, 0.29) is 5.82 Å². The van der Waals surface area contributed by atoms with E-state index in [1.54, 1.807) is 12.1 Å². The summed E-state index contributed by atoms with van der Waals surface area (Å²) in [5.41, 5.74) is 3.00. The SMILES string of the molecule is Fc1ccc(-c2ccc3c(C4CC4)nnc(Cl)c3c2)cc1. The highest BCUT2D eigenvalue weighted by Gasteiger charge is 2.28. The van der Waals surface area contributed by atoms with Crippen LogP contribution >= 0.6 is 11.6 Å². The lowest BCUT2D eigenvalue weighted by atomic mass is 10.0. The van der Waals surface area contributed by atoms with Gasteiger partial charge >= 0.3 is 0 Å². The maximum absolute atomic E-state index is 13.0. The molecule has 21 heavy (non-hydrogen) atoms. The fraction of sp³-hybridized carbons (Fsp3) is 0.176. The molecule has 2 aromatic carbocycles. The summed E-state index contributed by atoms with van der Waals surface area (Å²) in [5.74, 6) is 0.286. The molecule has 0 aliphatic heterocycles. The molecule has 0 unspecified atom stereocenters. The Kier molecular flexibility index (Phi) is 2.89. The molecule has 4 heteroatoms. The maximum atomic E-state index is 13.0. The summed E-state index contributed by atoms with van der Waals surface area (Å²) in [6.07, 6.45) is 2.34. The number of aromatic nitrogens is 2. The van der Waals surface area contributed by atoms with Crippen LogP contribution in [-0.4, -0.2) is 10.2 Å². The van der Waals surface area contributed by atoms with Gasteiger partial charge in [-0.3, -0.25) is 0 Å².